The van der Waals surface area contributed by atoms with E-state index in [2.05, 4.69) is 15.0 Å². The van der Waals surface area contributed by atoms with Crippen molar-refractivity contribution in [1.29, 1.82) is 0 Å². The number of ether oxygens (including phenoxy) is 3. The van der Waals surface area contributed by atoms with Crippen molar-refractivity contribution in [2.45, 2.75) is 37.4 Å². The predicted octanol–water partition coefficient (Wildman–Crippen LogP) is 3.93. The molecule has 208 valence electrons. The van der Waals surface area contributed by atoms with Crippen LogP contribution in [-0.2, 0) is 24.6 Å². The van der Waals surface area contributed by atoms with Crippen LogP contribution in [0, 0.1) is 0 Å². The van der Waals surface area contributed by atoms with Crippen LogP contribution >= 0.6 is 0 Å². The maximum Gasteiger partial charge on any atom is 0.303 e. The first kappa shape index (κ1) is 26.4. The molecule has 1 aliphatic rings. The summed E-state index contributed by atoms with van der Waals surface area (Å²) in [5.74, 6) is -0.503. The van der Waals surface area contributed by atoms with E-state index in [4.69, 9.17) is 19.9 Å². The van der Waals surface area contributed by atoms with Gasteiger partial charge in [0.1, 0.15) is 11.7 Å². The Morgan fingerprint density at radius 3 is 2.10 bits per heavy atom. The van der Waals surface area contributed by atoms with Gasteiger partial charge in [-0.3, -0.25) is 19.1 Å². The lowest BCUT2D eigenvalue weighted by molar-refractivity contribution is -0.152. The van der Waals surface area contributed by atoms with E-state index in [1.165, 1.54) is 13.3 Å². The molecule has 1 saturated heterocycles. The first-order chi connectivity index (χ1) is 20.0. The number of imidazole rings is 1. The topological polar surface area (TPSA) is 134 Å². The number of anilines is 1. The lowest BCUT2D eigenvalue weighted by Crippen LogP contribution is -2.35. The Labute approximate surface area is 235 Å². The number of nitrogens with zero attached hydrogens (tertiary/aromatic N) is 3. The minimum Gasteiger partial charge on any atom is -0.458 e. The summed E-state index contributed by atoms with van der Waals surface area (Å²) >= 11 is 0. The quantitative estimate of drug-likeness (QED) is 0.219. The van der Waals surface area contributed by atoms with Gasteiger partial charge in [0, 0.05) is 13.3 Å². The highest BCUT2D eigenvalue weighted by Gasteiger charge is 2.43. The summed E-state index contributed by atoms with van der Waals surface area (Å²) in [7, 11) is 0. The monoisotopic (exact) mass is 551 g/mol. The number of H-pyrrole nitrogens is 1. The molecule has 10 heteroatoms. The van der Waals surface area contributed by atoms with Gasteiger partial charge >= 0.3 is 5.97 Å². The largest absolute Gasteiger partial charge is 0.458 e. The van der Waals surface area contributed by atoms with Gasteiger partial charge in [-0.1, -0.05) is 91.0 Å². The third-order valence-electron chi connectivity index (χ3n) is 7.21. The van der Waals surface area contributed by atoms with Gasteiger partial charge in [0.15, 0.2) is 17.4 Å². The van der Waals surface area contributed by atoms with Gasteiger partial charge < -0.3 is 19.9 Å². The Morgan fingerprint density at radius 2 is 1.56 bits per heavy atom. The SMILES string of the molecule is CC(=O)O[C@@H]1C[C@@H](COC(c2ccccc2)(c2ccccc2)c2ccccc2)O[C@H]1n1cnc2c(=O)[nH]c(N)nc21. The zero-order valence-electron chi connectivity index (χ0n) is 22.3. The van der Waals surface area contributed by atoms with E-state index in [0.29, 0.717) is 6.42 Å². The molecule has 6 rings (SSSR count). The Balaban J connectivity index is 1.37. The van der Waals surface area contributed by atoms with E-state index in [0.717, 1.165) is 16.7 Å². The molecule has 3 heterocycles. The first-order valence-corrected chi connectivity index (χ1v) is 13.3. The zero-order chi connectivity index (χ0) is 28.4. The van der Waals surface area contributed by atoms with Gasteiger partial charge in [-0.15, -0.1) is 0 Å². The second-order valence-corrected chi connectivity index (χ2v) is 9.90. The average molecular weight is 552 g/mol. The summed E-state index contributed by atoms with van der Waals surface area (Å²) in [6, 6.07) is 30.1. The lowest BCUT2D eigenvalue weighted by atomic mass is 9.80. The van der Waals surface area contributed by atoms with Crippen molar-refractivity contribution in [3.63, 3.8) is 0 Å². The van der Waals surface area contributed by atoms with Crippen molar-refractivity contribution >= 4 is 23.1 Å². The van der Waals surface area contributed by atoms with Gasteiger partial charge in [0.25, 0.3) is 5.56 Å². The number of carbonyl (C=O) groups is 1. The number of carbonyl (C=O) groups excluding carboxylic acids is 1. The molecule has 0 amide bonds. The van der Waals surface area contributed by atoms with Crippen LogP contribution in [0.25, 0.3) is 11.2 Å². The first-order valence-electron chi connectivity index (χ1n) is 13.3. The molecule has 0 spiro atoms. The molecule has 0 saturated carbocycles. The Kier molecular flexibility index (Phi) is 7.08. The number of aromatic nitrogens is 4. The van der Waals surface area contributed by atoms with Crippen molar-refractivity contribution in [2.24, 2.45) is 0 Å². The molecule has 5 aromatic rings. The van der Waals surface area contributed by atoms with Crippen LogP contribution in [0.4, 0.5) is 5.95 Å². The molecule has 3 aromatic carbocycles. The molecule has 0 radical (unpaired) electrons. The van der Waals surface area contributed by atoms with Crippen LogP contribution in [-0.4, -0.2) is 44.3 Å². The molecule has 3 N–H and O–H groups in total. The van der Waals surface area contributed by atoms with Gasteiger partial charge in [-0.05, 0) is 16.7 Å². The molecule has 0 aliphatic carbocycles. The van der Waals surface area contributed by atoms with Crippen molar-refractivity contribution in [3.05, 3.63) is 124 Å². The second-order valence-electron chi connectivity index (χ2n) is 9.90. The summed E-state index contributed by atoms with van der Waals surface area (Å²) in [6.45, 7) is 1.52. The van der Waals surface area contributed by atoms with Gasteiger partial charge in [0.2, 0.25) is 5.95 Å². The van der Waals surface area contributed by atoms with Crippen LogP contribution in [0.2, 0.25) is 0 Å². The number of hydrogen-bond acceptors (Lipinski definition) is 8. The molecule has 1 aliphatic heterocycles. The van der Waals surface area contributed by atoms with Gasteiger partial charge in [-0.2, -0.15) is 4.98 Å². The van der Waals surface area contributed by atoms with Gasteiger partial charge in [-0.25, -0.2) is 4.98 Å². The molecule has 2 aromatic heterocycles. The molecule has 3 atom stereocenters. The van der Waals surface area contributed by atoms with Crippen LogP contribution in [0.15, 0.2) is 102 Å². The Hall–Kier alpha value is -4.80. The van der Waals surface area contributed by atoms with Crippen LogP contribution < -0.4 is 11.3 Å². The van der Waals surface area contributed by atoms with Crippen molar-refractivity contribution in [2.75, 3.05) is 12.3 Å². The van der Waals surface area contributed by atoms with Gasteiger partial charge in [0.05, 0.1) is 19.0 Å². The van der Waals surface area contributed by atoms with Crippen LogP contribution in [0.5, 0.6) is 0 Å². The average Bonchev–Trinajstić information content (AvgIpc) is 3.58. The molecule has 0 bridgehead atoms. The summed E-state index contributed by atoms with van der Waals surface area (Å²) < 4.78 is 20.6. The number of hydrogen-bond donors (Lipinski definition) is 2. The maximum absolute atomic E-state index is 12.4. The number of rotatable bonds is 8. The standard InChI is InChI=1S/C31H29N5O5/c1-20(37)40-25-17-24(41-29(25)36-19-33-26-27(36)34-30(32)35-28(26)38)18-39-31(21-11-5-2-6-12-21,22-13-7-3-8-14-22)23-15-9-4-10-16-23/h2-16,19,24-25,29H,17-18H2,1H3,(H3,32,34,35,38)/t24-,25+,29+/m0/s1. The number of nitrogens with one attached hydrogen (secondary N) is 1. The fourth-order valence-electron chi connectivity index (χ4n) is 5.50. The third kappa shape index (κ3) is 4.99. The van der Waals surface area contributed by atoms with E-state index >= 15 is 0 Å². The van der Waals surface area contributed by atoms with E-state index < -0.39 is 35.6 Å². The molecule has 10 nitrogen and oxygen atoms in total. The number of nitrogens with two attached hydrogens (primary N) is 1. The molecular weight excluding hydrogens is 522 g/mol. The summed E-state index contributed by atoms with van der Waals surface area (Å²) in [5.41, 5.74) is 7.63. The van der Waals surface area contributed by atoms with Crippen LogP contribution in [0.3, 0.4) is 0 Å². The zero-order valence-corrected chi connectivity index (χ0v) is 22.3. The highest BCUT2D eigenvalue weighted by Crippen LogP contribution is 2.42. The molecule has 41 heavy (non-hydrogen) atoms. The smallest absolute Gasteiger partial charge is 0.303 e. The predicted molar refractivity (Wildman–Crippen MR) is 152 cm³/mol. The number of aromatic amines is 1. The molecule has 0 unspecified atom stereocenters. The van der Waals surface area contributed by atoms with E-state index in [-0.39, 0.29) is 23.7 Å². The highest BCUT2D eigenvalue weighted by molar-refractivity contribution is 5.70. The van der Waals surface area contributed by atoms with Crippen molar-refractivity contribution in [3.8, 4) is 0 Å². The third-order valence-corrected chi connectivity index (χ3v) is 7.21. The lowest BCUT2D eigenvalue weighted by Gasteiger charge is -2.36. The molecular formula is C31H29N5O5. The number of fused-ring (bicyclic) bond motifs is 1. The fourth-order valence-corrected chi connectivity index (χ4v) is 5.50. The van der Waals surface area contributed by atoms with Crippen molar-refractivity contribution < 1.29 is 19.0 Å². The Morgan fingerprint density at radius 1 is 1.00 bits per heavy atom. The Bertz CT molecular complexity index is 1610. The summed E-state index contributed by atoms with van der Waals surface area (Å²) in [4.78, 5) is 35.3. The minimum absolute atomic E-state index is 0.0514. The van der Waals surface area contributed by atoms with E-state index in [1.807, 2.05) is 91.0 Å². The minimum atomic E-state index is -0.937. The summed E-state index contributed by atoms with van der Waals surface area (Å²) in [5, 5.41) is 0. The molecule has 1 fully saturated rings. The van der Waals surface area contributed by atoms with Crippen molar-refractivity contribution in [1.82, 2.24) is 19.5 Å². The van der Waals surface area contributed by atoms with E-state index in [9.17, 15) is 9.59 Å². The maximum atomic E-state index is 12.4. The number of esters is 1. The normalized spacial score (nSPS) is 18.9. The fraction of sp³-hybridized carbons (Fsp3) is 0.226. The number of benzene rings is 3. The summed E-state index contributed by atoms with van der Waals surface area (Å²) in [6.07, 6.45) is -0.112. The second kappa shape index (κ2) is 11.0. The van der Waals surface area contributed by atoms with Crippen LogP contribution in [0.1, 0.15) is 36.3 Å². The van der Waals surface area contributed by atoms with E-state index in [1.54, 1.807) is 4.57 Å². The number of nitrogen functional groups attached to an aromatic ring is 1. The highest BCUT2D eigenvalue weighted by atomic mass is 16.6.